The van der Waals surface area contributed by atoms with E-state index in [0.29, 0.717) is 6.42 Å². The fraction of sp³-hybridized carbons (Fsp3) is 0.357. The van der Waals surface area contributed by atoms with Crippen molar-refractivity contribution >= 4 is 15.9 Å². The molecular formula is C14H17BrN2O. The summed E-state index contributed by atoms with van der Waals surface area (Å²) in [5.41, 5.74) is 1.04. The standard InChI is InChI=1S/C14H17BrN2O/c1-3-17-10-11(9-16-17)8-14(2,18)12-6-4-5-7-13(12)15/h4-7,9-10,18H,3,8H2,1-2H3. The lowest BCUT2D eigenvalue weighted by atomic mass is 9.90. The summed E-state index contributed by atoms with van der Waals surface area (Å²) < 4.78 is 2.80. The van der Waals surface area contributed by atoms with Gasteiger partial charge in [0.05, 0.1) is 11.8 Å². The summed E-state index contributed by atoms with van der Waals surface area (Å²) in [6.45, 7) is 4.72. The van der Waals surface area contributed by atoms with Crippen molar-refractivity contribution in [2.45, 2.75) is 32.4 Å². The quantitative estimate of drug-likeness (QED) is 0.942. The summed E-state index contributed by atoms with van der Waals surface area (Å²) in [4.78, 5) is 0. The number of benzene rings is 1. The van der Waals surface area contributed by atoms with E-state index in [9.17, 15) is 5.11 Å². The number of hydrogen-bond acceptors (Lipinski definition) is 2. The number of rotatable bonds is 4. The van der Waals surface area contributed by atoms with Gasteiger partial charge in [0, 0.05) is 23.6 Å². The maximum atomic E-state index is 10.6. The molecule has 0 saturated heterocycles. The Labute approximate surface area is 116 Å². The molecule has 4 heteroatoms. The van der Waals surface area contributed by atoms with E-state index < -0.39 is 5.60 Å². The predicted octanol–water partition coefficient (Wildman–Crippen LogP) is 3.12. The van der Waals surface area contributed by atoms with E-state index in [0.717, 1.165) is 22.1 Å². The SMILES string of the molecule is CCn1cc(CC(C)(O)c2ccccc2Br)cn1. The average Bonchev–Trinajstić information content (AvgIpc) is 2.76. The number of hydrogen-bond donors (Lipinski definition) is 1. The molecule has 0 aliphatic rings. The third kappa shape index (κ3) is 2.82. The van der Waals surface area contributed by atoms with Crippen molar-refractivity contribution < 1.29 is 5.11 Å². The molecule has 1 heterocycles. The van der Waals surface area contributed by atoms with Crippen LogP contribution in [0.3, 0.4) is 0 Å². The van der Waals surface area contributed by atoms with Gasteiger partial charge < -0.3 is 5.11 Å². The van der Waals surface area contributed by atoms with Crippen LogP contribution in [-0.2, 0) is 18.6 Å². The van der Waals surface area contributed by atoms with Crippen molar-refractivity contribution in [2.24, 2.45) is 0 Å². The molecule has 0 bridgehead atoms. The zero-order chi connectivity index (χ0) is 13.2. The van der Waals surface area contributed by atoms with E-state index in [4.69, 9.17) is 0 Å². The summed E-state index contributed by atoms with van der Waals surface area (Å²) in [5, 5.41) is 14.9. The average molecular weight is 309 g/mol. The normalized spacial score (nSPS) is 14.4. The molecule has 2 aromatic rings. The second-order valence-corrected chi connectivity index (χ2v) is 5.49. The molecule has 3 nitrogen and oxygen atoms in total. The zero-order valence-corrected chi connectivity index (χ0v) is 12.2. The molecule has 2 rings (SSSR count). The van der Waals surface area contributed by atoms with E-state index in [-0.39, 0.29) is 0 Å². The third-order valence-corrected chi connectivity index (χ3v) is 3.70. The lowest BCUT2D eigenvalue weighted by Gasteiger charge is -2.24. The van der Waals surface area contributed by atoms with Crippen LogP contribution in [0.2, 0.25) is 0 Å². The zero-order valence-electron chi connectivity index (χ0n) is 10.6. The number of aryl methyl sites for hydroxylation is 1. The molecule has 1 atom stereocenters. The van der Waals surface area contributed by atoms with Gasteiger partial charge in [-0.15, -0.1) is 0 Å². The molecule has 0 radical (unpaired) electrons. The molecule has 18 heavy (non-hydrogen) atoms. The molecule has 0 saturated carbocycles. The van der Waals surface area contributed by atoms with Gasteiger partial charge in [0.25, 0.3) is 0 Å². The van der Waals surface area contributed by atoms with Crippen LogP contribution in [0.4, 0.5) is 0 Å². The molecule has 0 spiro atoms. The lowest BCUT2D eigenvalue weighted by Crippen LogP contribution is -2.24. The molecule has 0 amide bonds. The van der Waals surface area contributed by atoms with Crippen molar-refractivity contribution in [2.75, 3.05) is 0 Å². The number of aliphatic hydroxyl groups is 1. The Bertz CT molecular complexity index is 534. The highest BCUT2D eigenvalue weighted by molar-refractivity contribution is 9.10. The van der Waals surface area contributed by atoms with Crippen LogP contribution in [0.25, 0.3) is 0 Å². The van der Waals surface area contributed by atoms with E-state index in [1.807, 2.05) is 55.2 Å². The van der Waals surface area contributed by atoms with E-state index in [1.165, 1.54) is 0 Å². The van der Waals surface area contributed by atoms with Gasteiger partial charge in [-0.25, -0.2) is 0 Å². The Balaban J connectivity index is 2.24. The minimum atomic E-state index is -0.901. The Hall–Kier alpha value is -1.13. The van der Waals surface area contributed by atoms with E-state index in [2.05, 4.69) is 21.0 Å². The first kappa shape index (κ1) is 13.3. The van der Waals surface area contributed by atoms with Gasteiger partial charge >= 0.3 is 0 Å². The predicted molar refractivity (Wildman–Crippen MR) is 75.3 cm³/mol. The largest absolute Gasteiger partial charge is 0.385 e. The van der Waals surface area contributed by atoms with Gasteiger partial charge in [-0.2, -0.15) is 5.10 Å². The van der Waals surface area contributed by atoms with Gasteiger partial charge in [-0.1, -0.05) is 34.1 Å². The second kappa shape index (κ2) is 5.24. The lowest BCUT2D eigenvalue weighted by molar-refractivity contribution is 0.0568. The van der Waals surface area contributed by atoms with E-state index in [1.54, 1.807) is 0 Å². The Morgan fingerprint density at radius 1 is 1.39 bits per heavy atom. The van der Waals surface area contributed by atoms with Gasteiger partial charge in [-0.3, -0.25) is 4.68 Å². The van der Waals surface area contributed by atoms with Gasteiger partial charge in [0.15, 0.2) is 0 Å². The summed E-state index contributed by atoms with van der Waals surface area (Å²) in [6, 6.07) is 7.76. The first-order valence-corrected chi connectivity index (χ1v) is 6.81. The summed E-state index contributed by atoms with van der Waals surface area (Å²) in [7, 11) is 0. The van der Waals surface area contributed by atoms with Gasteiger partial charge in [0.2, 0.25) is 0 Å². The molecule has 1 aromatic heterocycles. The fourth-order valence-electron chi connectivity index (χ4n) is 2.06. The van der Waals surface area contributed by atoms with Crippen molar-refractivity contribution in [3.05, 3.63) is 52.3 Å². The number of halogens is 1. The highest BCUT2D eigenvalue weighted by Gasteiger charge is 2.26. The smallest absolute Gasteiger partial charge is 0.0920 e. The second-order valence-electron chi connectivity index (χ2n) is 4.63. The molecule has 0 aliphatic heterocycles. The van der Waals surface area contributed by atoms with Crippen LogP contribution >= 0.6 is 15.9 Å². The van der Waals surface area contributed by atoms with Crippen molar-refractivity contribution in [3.8, 4) is 0 Å². The summed E-state index contributed by atoms with van der Waals surface area (Å²) in [5.74, 6) is 0. The fourth-order valence-corrected chi connectivity index (χ4v) is 2.77. The number of nitrogens with zero attached hydrogens (tertiary/aromatic N) is 2. The maximum Gasteiger partial charge on any atom is 0.0920 e. The minimum Gasteiger partial charge on any atom is -0.385 e. The minimum absolute atomic E-state index is 0.551. The van der Waals surface area contributed by atoms with Crippen LogP contribution in [0, 0.1) is 0 Å². The molecule has 0 aliphatic carbocycles. The van der Waals surface area contributed by atoms with Crippen LogP contribution < -0.4 is 0 Å². The molecule has 0 fully saturated rings. The van der Waals surface area contributed by atoms with E-state index >= 15 is 0 Å². The third-order valence-electron chi connectivity index (χ3n) is 3.01. The molecule has 1 unspecified atom stereocenters. The van der Waals surface area contributed by atoms with Crippen LogP contribution in [0.1, 0.15) is 25.0 Å². The van der Waals surface area contributed by atoms with Crippen molar-refractivity contribution in [1.82, 2.24) is 9.78 Å². The summed E-state index contributed by atoms with van der Waals surface area (Å²) in [6.07, 6.45) is 4.34. The van der Waals surface area contributed by atoms with Crippen molar-refractivity contribution in [1.29, 1.82) is 0 Å². The first-order valence-electron chi connectivity index (χ1n) is 6.01. The van der Waals surface area contributed by atoms with Gasteiger partial charge in [0.1, 0.15) is 0 Å². The van der Waals surface area contributed by atoms with Gasteiger partial charge in [-0.05, 0) is 31.0 Å². The van der Waals surface area contributed by atoms with Crippen LogP contribution in [0.15, 0.2) is 41.1 Å². The summed E-state index contributed by atoms with van der Waals surface area (Å²) >= 11 is 3.48. The number of aromatic nitrogens is 2. The molecule has 1 aromatic carbocycles. The molecular weight excluding hydrogens is 292 g/mol. The Kier molecular flexibility index (Phi) is 3.88. The van der Waals surface area contributed by atoms with Crippen molar-refractivity contribution in [3.63, 3.8) is 0 Å². The Morgan fingerprint density at radius 2 is 2.11 bits per heavy atom. The van der Waals surface area contributed by atoms with Crippen LogP contribution in [0.5, 0.6) is 0 Å². The Morgan fingerprint density at radius 3 is 2.72 bits per heavy atom. The molecule has 96 valence electrons. The monoisotopic (exact) mass is 308 g/mol. The van der Waals surface area contributed by atoms with Crippen LogP contribution in [-0.4, -0.2) is 14.9 Å². The first-order chi connectivity index (χ1) is 8.53. The highest BCUT2D eigenvalue weighted by atomic mass is 79.9. The topological polar surface area (TPSA) is 38.0 Å². The highest BCUT2D eigenvalue weighted by Crippen LogP contribution is 2.30. The maximum absolute atomic E-state index is 10.6. The molecule has 1 N–H and O–H groups in total.